The molecule has 5 nitrogen and oxygen atoms in total. The average Bonchev–Trinajstić information content (AvgIpc) is 2.64. The van der Waals surface area contributed by atoms with Crippen LogP contribution >= 0.6 is 11.6 Å². The Morgan fingerprint density at radius 1 is 0.926 bits per heavy atom. The fourth-order valence-corrected chi connectivity index (χ4v) is 2.70. The number of carbonyl (C=O) groups is 2. The Labute approximate surface area is 165 Å². The molecule has 0 radical (unpaired) electrons. The van der Waals surface area contributed by atoms with Gasteiger partial charge in [-0.25, -0.2) is 0 Å². The van der Waals surface area contributed by atoms with E-state index in [1.54, 1.807) is 24.3 Å². The quantitative estimate of drug-likeness (QED) is 0.649. The van der Waals surface area contributed by atoms with Gasteiger partial charge < -0.3 is 15.5 Å². The van der Waals surface area contributed by atoms with Crippen molar-refractivity contribution in [1.29, 1.82) is 0 Å². The van der Waals surface area contributed by atoms with Crippen molar-refractivity contribution in [2.75, 3.05) is 20.6 Å². The molecule has 0 bridgehead atoms. The molecular weight excluding hydrogens is 362 g/mol. The molecule has 0 spiro atoms. The number of rotatable bonds is 9. The second-order valence-corrected chi connectivity index (χ2v) is 7.13. The van der Waals surface area contributed by atoms with Crippen molar-refractivity contribution in [3.05, 3.63) is 70.2 Å². The standard InChI is InChI=1S/C21H26ClN3O2/c1-25(2)15-17-7-5-16(6-8-17)14-24-20(26)4-3-13-23-21(27)18-9-11-19(22)12-10-18/h5-12H,3-4,13-15H2,1-2H3,(H,23,27)(H,24,26). The summed E-state index contributed by atoms with van der Waals surface area (Å²) >= 11 is 5.80. The van der Waals surface area contributed by atoms with Crippen LogP contribution in [0.15, 0.2) is 48.5 Å². The smallest absolute Gasteiger partial charge is 0.251 e. The minimum absolute atomic E-state index is 0.0203. The summed E-state index contributed by atoms with van der Waals surface area (Å²) in [4.78, 5) is 26.0. The van der Waals surface area contributed by atoms with E-state index in [0.29, 0.717) is 36.5 Å². The van der Waals surface area contributed by atoms with Crippen molar-refractivity contribution in [3.63, 3.8) is 0 Å². The van der Waals surface area contributed by atoms with E-state index in [1.807, 2.05) is 26.2 Å². The normalized spacial score (nSPS) is 10.7. The Morgan fingerprint density at radius 3 is 2.19 bits per heavy atom. The predicted molar refractivity (Wildman–Crippen MR) is 109 cm³/mol. The molecule has 0 atom stereocenters. The van der Waals surface area contributed by atoms with Crippen LogP contribution in [0, 0.1) is 0 Å². The third-order valence-electron chi connectivity index (χ3n) is 3.98. The number of hydrogen-bond donors (Lipinski definition) is 2. The van der Waals surface area contributed by atoms with Crippen molar-refractivity contribution in [3.8, 4) is 0 Å². The molecule has 2 aromatic rings. The highest BCUT2D eigenvalue weighted by molar-refractivity contribution is 6.30. The zero-order chi connectivity index (χ0) is 19.6. The molecule has 2 rings (SSSR count). The van der Waals surface area contributed by atoms with Gasteiger partial charge in [-0.05, 0) is 55.9 Å². The van der Waals surface area contributed by atoms with Gasteiger partial charge in [0.2, 0.25) is 5.91 Å². The van der Waals surface area contributed by atoms with E-state index in [0.717, 1.165) is 12.1 Å². The van der Waals surface area contributed by atoms with Crippen LogP contribution in [0.1, 0.15) is 34.3 Å². The highest BCUT2D eigenvalue weighted by Crippen LogP contribution is 2.09. The summed E-state index contributed by atoms with van der Waals surface area (Å²) < 4.78 is 0. The summed E-state index contributed by atoms with van der Waals surface area (Å²) in [5.41, 5.74) is 2.87. The number of amides is 2. The Kier molecular flexibility index (Phi) is 8.30. The van der Waals surface area contributed by atoms with Crippen LogP contribution in [0.2, 0.25) is 5.02 Å². The largest absolute Gasteiger partial charge is 0.352 e. The Hall–Kier alpha value is -2.37. The molecule has 0 aliphatic carbocycles. The van der Waals surface area contributed by atoms with Gasteiger partial charge in [0, 0.05) is 36.6 Å². The average molecular weight is 388 g/mol. The fourth-order valence-electron chi connectivity index (χ4n) is 2.57. The first-order valence-corrected chi connectivity index (χ1v) is 9.35. The molecule has 0 aliphatic heterocycles. The number of nitrogens with one attached hydrogen (secondary N) is 2. The number of carbonyl (C=O) groups excluding carboxylic acids is 2. The molecular formula is C21H26ClN3O2. The first kappa shape index (κ1) is 20.9. The summed E-state index contributed by atoms with van der Waals surface area (Å²) in [5, 5.41) is 6.30. The van der Waals surface area contributed by atoms with Crippen LogP contribution in [-0.2, 0) is 17.9 Å². The van der Waals surface area contributed by atoms with Crippen molar-refractivity contribution < 1.29 is 9.59 Å². The van der Waals surface area contributed by atoms with Crippen molar-refractivity contribution in [1.82, 2.24) is 15.5 Å². The molecule has 2 aromatic carbocycles. The summed E-state index contributed by atoms with van der Waals surface area (Å²) in [6, 6.07) is 14.9. The van der Waals surface area contributed by atoms with Gasteiger partial charge in [-0.3, -0.25) is 9.59 Å². The molecule has 6 heteroatoms. The van der Waals surface area contributed by atoms with E-state index >= 15 is 0 Å². The van der Waals surface area contributed by atoms with Gasteiger partial charge in [0.05, 0.1) is 0 Å². The summed E-state index contributed by atoms with van der Waals surface area (Å²) in [5.74, 6) is -0.182. The predicted octanol–water partition coefficient (Wildman–Crippen LogP) is 3.23. The molecule has 0 aromatic heterocycles. The molecule has 0 saturated carbocycles. The summed E-state index contributed by atoms with van der Waals surface area (Å²) in [6.45, 7) is 1.86. The lowest BCUT2D eigenvalue weighted by Gasteiger charge is -2.10. The summed E-state index contributed by atoms with van der Waals surface area (Å²) in [7, 11) is 4.07. The highest BCUT2D eigenvalue weighted by atomic mass is 35.5. The Balaban J connectivity index is 1.63. The van der Waals surface area contributed by atoms with Gasteiger partial charge in [-0.15, -0.1) is 0 Å². The third kappa shape index (κ3) is 7.81. The first-order chi connectivity index (χ1) is 12.9. The van der Waals surface area contributed by atoms with E-state index in [1.165, 1.54) is 5.56 Å². The molecule has 2 N–H and O–H groups in total. The van der Waals surface area contributed by atoms with Crippen LogP contribution in [0.25, 0.3) is 0 Å². The van der Waals surface area contributed by atoms with Crippen LogP contribution < -0.4 is 10.6 Å². The van der Waals surface area contributed by atoms with Crippen LogP contribution in [0.5, 0.6) is 0 Å². The van der Waals surface area contributed by atoms with Gasteiger partial charge in [0.15, 0.2) is 0 Å². The lowest BCUT2D eigenvalue weighted by molar-refractivity contribution is -0.121. The van der Waals surface area contributed by atoms with Crippen molar-refractivity contribution >= 4 is 23.4 Å². The van der Waals surface area contributed by atoms with Crippen LogP contribution in [0.4, 0.5) is 0 Å². The second kappa shape index (κ2) is 10.7. The number of nitrogens with zero attached hydrogens (tertiary/aromatic N) is 1. The zero-order valence-corrected chi connectivity index (χ0v) is 16.6. The Bertz CT molecular complexity index is 743. The van der Waals surface area contributed by atoms with E-state index in [2.05, 4.69) is 27.7 Å². The maximum Gasteiger partial charge on any atom is 0.251 e. The monoisotopic (exact) mass is 387 g/mol. The van der Waals surface area contributed by atoms with Gasteiger partial charge in [0.1, 0.15) is 0 Å². The topological polar surface area (TPSA) is 61.4 Å². The van der Waals surface area contributed by atoms with E-state index in [9.17, 15) is 9.59 Å². The highest BCUT2D eigenvalue weighted by Gasteiger charge is 2.06. The van der Waals surface area contributed by atoms with Gasteiger partial charge in [-0.1, -0.05) is 35.9 Å². The lowest BCUT2D eigenvalue weighted by Crippen LogP contribution is -2.27. The van der Waals surface area contributed by atoms with Crippen LogP contribution in [0.3, 0.4) is 0 Å². The van der Waals surface area contributed by atoms with Crippen molar-refractivity contribution in [2.24, 2.45) is 0 Å². The molecule has 0 heterocycles. The van der Waals surface area contributed by atoms with Gasteiger partial charge >= 0.3 is 0 Å². The maximum absolute atomic E-state index is 11.9. The minimum Gasteiger partial charge on any atom is -0.352 e. The minimum atomic E-state index is -0.162. The number of halogens is 1. The molecule has 0 saturated heterocycles. The molecule has 0 unspecified atom stereocenters. The molecule has 2 amide bonds. The van der Waals surface area contributed by atoms with Gasteiger partial charge in [0.25, 0.3) is 5.91 Å². The van der Waals surface area contributed by atoms with E-state index < -0.39 is 0 Å². The third-order valence-corrected chi connectivity index (χ3v) is 4.24. The zero-order valence-electron chi connectivity index (χ0n) is 15.8. The second-order valence-electron chi connectivity index (χ2n) is 6.70. The molecule has 0 aliphatic rings. The maximum atomic E-state index is 11.9. The molecule has 144 valence electrons. The fraction of sp³-hybridized carbons (Fsp3) is 0.333. The lowest BCUT2D eigenvalue weighted by atomic mass is 10.1. The number of hydrogen-bond acceptors (Lipinski definition) is 3. The number of benzene rings is 2. The van der Waals surface area contributed by atoms with E-state index in [4.69, 9.17) is 11.6 Å². The summed E-state index contributed by atoms with van der Waals surface area (Å²) in [6.07, 6.45) is 0.965. The van der Waals surface area contributed by atoms with Gasteiger partial charge in [-0.2, -0.15) is 0 Å². The molecule has 0 fully saturated rings. The van der Waals surface area contributed by atoms with Crippen LogP contribution in [-0.4, -0.2) is 37.4 Å². The van der Waals surface area contributed by atoms with E-state index in [-0.39, 0.29) is 11.8 Å². The Morgan fingerprint density at radius 2 is 1.56 bits per heavy atom. The SMILES string of the molecule is CN(C)Cc1ccc(CNC(=O)CCCNC(=O)c2ccc(Cl)cc2)cc1. The van der Waals surface area contributed by atoms with Crippen molar-refractivity contribution in [2.45, 2.75) is 25.9 Å². The first-order valence-electron chi connectivity index (χ1n) is 8.97. The molecule has 27 heavy (non-hydrogen) atoms.